The Morgan fingerprint density at radius 2 is 1.74 bits per heavy atom. The van der Waals surface area contributed by atoms with Crippen molar-refractivity contribution in [1.29, 1.82) is 0 Å². The summed E-state index contributed by atoms with van der Waals surface area (Å²) in [5, 5.41) is 19.1. The summed E-state index contributed by atoms with van der Waals surface area (Å²) in [4.78, 5) is 2.27. The van der Waals surface area contributed by atoms with Crippen LogP contribution in [0.4, 0.5) is 0 Å². The molecule has 0 aromatic heterocycles. The first-order chi connectivity index (χ1) is 9.06. The molecule has 3 nitrogen and oxygen atoms in total. The van der Waals surface area contributed by atoms with Crippen LogP contribution in [-0.2, 0) is 0 Å². The first-order valence-electron chi connectivity index (χ1n) is 7.16. The predicted molar refractivity (Wildman–Crippen MR) is 79.3 cm³/mol. The van der Waals surface area contributed by atoms with Crippen LogP contribution in [0.3, 0.4) is 0 Å². The summed E-state index contributed by atoms with van der Waals surface area (Å²) in [6, 6.07) is 6.24. The Hall–Kier alpha value is -0.900. The SMILES string of the molecule is CCN(CCCO)CCC(O)c1cc(C)cc(C)c1. The molecular formula is C16H27NO2. The fourth-order valence-corrected chi connectivity index (χ4v) is 2.40. The maximum absolute atomic E-state index is 10.3. The standard InChI is InChI=1S/C16H27NO2/c1-4-17(7-5-9-18)8-6-16(19)15-11-13(2)10-14(3)12-15/h10-12,16,18-19H,4-9H2,1-3H3. The van der Waals surface area contributed by atoms with E-state index in [2.05, 4.69) is 43.9 Å². The van der Waals surface area contributed by atoms with Gasteiger partial charge in [0.05, 0.1) is 6.10 Å². The molecule has 0 amide bonds. The monoisotopic (exact) mass is 265 g/mol. The second-order valence-electron chi connectivity index (χ2n) is 5.24. The number of hydrogen-bond donors (Lipinski definition) is 2. The Labute approximate surface area is 116 Å². The van der Waals surface area contributed by atoms with Crippen molar-refractivity contribution in [3.63, 3.8) is 0 Å². The molecule has 3 heteroatoms. The van der Waals surface area contributed by atoms with Gasteiger partial charge in [0.2, 0.25) is 0 Å². The van der Waals surface area contributed by atoms with Crippen molar-refractivity contribution in [2.24, 2.45) is 0 Å². The average Bonchev–Trinajstić information content (AvgIpc) is 2.37. The quantitative estimate of drug-likeness (QED) is 0.758. The van der Waals surface area contributed by atoms with Crippen LogP contribution in [0.2, 0.25) is 0 Å². The summed E-state index contributed by atoms with van der Waals surface area (Å²) in [6.07, 6.45) is 1.14. The molecular weight excluding hydrogens is 238 g/mol. The van der Waals surface area contributed by atoms with E-state index in [9.17, 15) is 5.11 Å². The summed E-state index contributed by atoms with van der Waals surface area (Å²) >= 11 is 0. The van der Waals surface area contributed by atoms with Gasteiger partial charge >= 0.3 is 0 Å². The normalized spacial score (nSPS) is 12.9. The van der Waals surface area contributed by atoms with E-state index in [-0.39, 0.29) is 6.61 Å². The molecule has 1 aromatic rings. The summed E-state index contributed by atoms with van der Waals surface area (Å²) in [5.41, 5.74) is 3.40. The van der Waals surface area contributed by atoms with Gasteiger partial charge in [0.15, 0.2) is 0 Å². The maximum Gasteiger partial charge on any atom is 0.0802 e. The summed E-state index contributed by atoms with van der Waals surface area (Å²) in [5.74, 6) is 0. The van der Waals surface area contributed by atoms with Gasteiger partial charge in [-0.2, -0.15) is 0 Å². The highest BCUT2D eigenvalue weighted by molar-refractivity contribution is 5.29. The lowest BCUT2D eigenvalue weighted by Crippen LogP contribution is -2.27. The zero-order chi connectivity index (χ0) is 14.3. The van der Waals surface area contributed by atoms with Crippen LogP contribution in [0, 0.1) is 13.8 Å². The van der Waals surface area contributed by atoms with Crippen LogP contribution in [0.15, 0.2) is 18.2 Å². The van der Waals surface area contributed by atoms with E-state index >= 15 is 0 Å². The van der Waals surface area contributed by atoms with Gasteiger partial charge in [0.1, 0.15) is 0 Å². The molecule has 0 bridgehead atoms. The number of aliphatic hydroxyl groups is 2. The first-order valence-corrected chi connectivity index (χ1v) is 7.16. The topological polar surface area (TPSA) is 43.7 Å². The minimum atomic E-state index is -0.401. The number of nitrogens with zero attached hydrogens (tertiary/aromatic N) is 1. The molecule has 108 valence electrons. The fourth-order valence-electron chi connectivity index (χ4n) is 2.40. The van der Waals surface area contributed by atoms with E-state index < -0.39 is 6.10 Å². The molecule has 0 saturated heterocycles. The molecule has 0 saturated carbocycles. The predicted octanol–water partition coefficient (Wildman–Crippen LogP) is 2.43. The van der Waals surface area contributed by atoms with Crippen LogP contribution < -0.4 is 0 Å². The molecule has 1 atom stereocenters. The van der Waals surface area contributed by atoms with Crippen molar-refractivity contribution in [3.05, 3.63) is 34.9 Å². The van der Waals surface area contributed by atoms with Gasteiger partial charge in [-0.3, -0.25) is 0 Å². The van der Waals surface area contributed by atoms with Gasteiger partial charge in [-0.05, 0) is 38.8 Å². The van der Waals surface area contributed by atoms with E-state index in [1.54, 1.807) is 0 Å². The number of aryl methyl sites for hydroxylation is 2. The van der Waals surface area contributed by atoms with Gasteiger partial charge < -0.3 is 15.1 Å². The van der Waals surface area contributed by atoms with Crippen LogP contribution in [0.5, 0.6) is 0 Å². The second kappa shape index (κ2) is 8.31. The van der Waals surface area contributed by atoms with Crippen LogP contribution in [-0.4, -0.2) is 41.4 Å². The van der Waals surface area contributed by atoms with Crippen LogP contribution >= 0.6 is 0 Å². The third-order valence-electron chi connectivity index (χ3n) is 3.43. The Morgan fingerprint density at radius 1 is 1.11 bits per heavy atom. The lowest BCUT2D eigenvalue weighted by molar-refractivity contribution is 0.140. The number of aliphatic hydroxyl groups excluding tert-OH is 2. The molecule has 0 spiro atoms. The molecule has 2 N–H and O–H groups in total. The van der Waals surface area contributed by atoms with E-state index in [1.807, 2.05) is 0 Å². The molecule has 0 aliphatic rings. The Morgan fingerprint density at radius 3 is 2.26 bits per heavy atom. The van der Waals surface area contributed by atoms with Crippen molar-refractivity contribution >= 4 is 0 Å². The molecule has 1 rings (SSSR count). The Balaban J connectivity index is 2.51. The van der Waals surface area contributed by atoms with Crippen molar-refractivity contribution in [2.75, 3.05) is 26.2 Å². The van der Waals surface area contributed by atoms with Gasteiger partial charge in [-0.25, -0.2) is 0 Å². The molecule has 0 aliphatic carbocycles. The van der Waals surface area contributed by atoms with Gasteiger partial charge in [-0.1, -0.05) is 36.2 Å². The minimum Gasteiger partial charge on any atom is -0.396 e. The minimum absolute atomic E-state index is 0.232. The smallest absolute Gasteiger partial charge is 0.0802 e. The molecule has 0 aliphatic heterocycles. The highest BCUT2D eigenvalue weighted by Gasteiger charge is 2.10. The number of rotatable bonds is 8. The van der Waals surface area contributed by atoms with E-state index in [0.29, 0.717) is 0 Å². The molecule has 19 heavy (non-hydrogen) atoms. The molecule has 1 aromatic carbocycles. The zero-order valence-electron chi connectivity index (χ0n) is 12.4. The van der Waals surface area contributed by atoms with Gasteiger partial charge in [-0.15, -0.1) is 0 Å². The van der Waals surface area contributed by atoms with Crippen molar-refractivity contribution in [1.82, 2.24) is 4.90 Å². The molecule has 1 unspecified atom stereocenters. The second-order valence-corrected chi connectivity index (χ2v) is 5.24. The Kier molecular flexibility index (Phi) is 7.06. The van der Waals surface area contributed by atoms with Gasteiger partial charge in [0.25, 0.3) is 0 Å². The van der Waals surface area contributed by atoms with Crippen molar-refractivity contribution in [3.8, 4) is 0 Å². The molecule has 0 fully saturated rings. The summed E-state index contributed by atoms with van der Waals surface area (Å²) in [6.45, 7) is 9.18. The Bertz CT molecular complexity index is 359. The van der Waals surface area contributed by atoms with E-state index in [0.717, 1.165) is 38.0 Å². The number of hydrogen-bond acceptors (Lipinski definition) is 3. The highest BCUT2D eigenvalue weighted by atomic mass is 16.3. The first kappa shape index (κ1) is 16.2. The zero-order valence-corrected chi connectivity index (χ0v) is 12.4. The maximum atomic E-state index is 10.3. The summed E-state index contributed by atoms with van der Waals surface area (Å²) in [7, 11) is 0. The summed E-state index contributed by atoms with van der Waals surface area (Å²) < 4.78 is 0. The average molecular weight is 265 g/mol. The van der Waals surface area contributed by atoms with E-state index in [4.69, 9.17) is 5.11 Å². The lowest BCUT2D eigenvalue weighted by atomic mass is 10.0. The van der Waals surface area contributed by atoms with Crippen molar-refractivity contribution in [2.45, 2.75) is 39.7 Å². The molecule has 0 heterocycles. The third kappa shape index (κ3) is 5.72. The number of benzene rings is 1. The van der Waals surface area contributed by atoms with Crippen LogP contribution in [0.25, 0.3) is 0 Å². The lowest BCUT2D eigenvalue weighted by Gasteiger charge is -2.22. The molecule has 0 radical (unpaired) electrons. The largest absolute Gasteiger partial charge is 0.396 e. The fraction of sp³-hybridized carbons (Fsp3) is 0.625. The van der Waals surface area contributed by atoms with Crippen LogP contribution in [0.1, 0.15) is 42.6 Å². The third-order valence-corrected chi connectivity index (χ3v) is 3.43. The van der Waals surface area contributed by atoms with E-state index in [1.165, 1.54) is 11.1 Å². The highest BCUT2D eigenvalue weighted by Crippen LogP contribution is 2.20. The van der Waals surface area contributed by atoms with Crippen molar-refractivity contribution < 1.29 is 10.2 Å². The van der Waals surface area contributed by atoms with Gasteiger partial charge in [0, 0.05) is 19.7 Å².